The summed E-state index contributed by atoms with van der Waals surface area (Å²) in [4.78, 5) is 8.56. The topological polar surface area (TPSA) is 76.8 Å². The van der Waals surface area contributed by atoms with Gasteiger partial charge in [-0.3, -0.25) is 9.98 Å². The Labute approximate surface area is 110 Å². The zero-order valence-electron chi connectivity index (χ0n) is 10.4. The summed E-state index contributed by atoms with van der Waals surface area (Å²) in [7, 11) is 0. The van der Waals surface area contributed by atoms with E-state index < -0.39 is 5.54 Å². The van der Waals surface area contributed by atoms with Crippen molar-refractivity contribution in [2.45, 2.75) is 18.9 Å². The first kappa shape index (κ1) is 11.6. The Balaban J connectivity index is 1.91. The van der Waals surface area contributed by atoms with Gasteiger partial charge >= 0.3 is 0 Å². The van der Waals surface area contributed by atoms with Crippen LogP contribution in [0.3, 0.4) is 0 Å². The van der Waals surface area contributed by atoms with Crippen LogP contribution in [0.5, 0.6) is 0 Å². The lowest BCUT2D eigenvalue weighted by atomic mass is 9.96. The van der Waals surface area contributed by atoms with E-state index in [1.165, 1.54) is 0 Å². The summed E-state index contributed by atoms with van der Waals surface area (Å²) in [6.45, 7) is 1.96. The van der Waals surface area contributed by atoms with E-state index in [1.54, 1.807) is 12.4 Å². The van der Waals surface area contributed by atoms with Crippen LogP contribution in [0, 0.1) is 0 Å². The van der Waals surface area contributed by atoms with Gasteiger partial charge < -0.3 is 0 Å². The first-order chi connectivity index (χ1) is 9.28. The molecule has 0 bridgehead atoms. The Hall–Kier alpha value is -2.50. The second kappa shape index (κ2) is 4.64. The number of allylic oxidation sites excluding steroid dienone is 1. The Morgan fingerprint density at radius 3 is 2.58 bits per heavy atom. The molecule has 6 nitrogen and oxygen atoms in total. The molecule has 2 aromatic heterocycles. The number of hydrogen-bond acceptors (Lipinski definition) is 6. The van der Waals surface area contributed by atoms with E-state index in [1.807, 2.05) is 37.3 Å². The van der Waals surface area contributed by atoms with Gasteiger partial charge in [-0.15, -0.1) is 20.4 Å². The van der Waals surface area contributed by atoms with E-state index in [-0.39, 0.29) is 0 Å². The van der Waals surface area contributed by atoms with Crippen molar-refractivity contribution in [3.63, 3.8) is 0 Å². The monoisotopic (exact) mass is 252 g/mol. The number of dihydropyridines is 1. The number of rotatable bonds is 2. The van der Waals surface area contributed by atoms with Gasteiger partial charge in [-0.05, 0) is 31.6 Å². The molecule has 0 spiro atoms. The van der Waals surface area contributed by atoms with E-state index in [0.29, 0.717) is 17.3 Å². The minimum absolute atomic E-state index is 0.420. The molecule has 0 amide bonds. The third-order valence-electron chi connectivity index (χ3n) is 2.95. The summed E-state index contributed by atoms with van der Waals surface area (Å²) in [6.07, 6.45) is 8.12. The molecule has 0 saturated carbocycles. The molecule has 1 aliphatic rings. The van der Waals surface area contributed by atoms with Crippen molar-refractivity contribution < 1.29 is 0 Å². The fourth-order valence-electron chi connectivity index (χ4n) is 1.81. The maximum Gasteiger partial charge on any atom is 0.221 e. The Morgan fingerprint density at radius 2 is 1.95 bits per heavy atom. The summed E-state index contributed by atoms with van der Waals surface area (Å²) >= 11 is 0. The first-order valence-corrected chi connectivity index (χ1v) is 5.98. The van der Waals surface area contributed by atoms with Crippen molar-refractivity contribution >= 4 is 6.21 Å². The van der Waals surface area contributed by atoms with Crippen molar-refractivity contribution in [3.05, 3.63) is 42.4 Å². The summed E-state index contributed by atoms with van der Waals surface area (Å²) in [6, 6.07) is 5.53. The highest BCUT2D eigenvalue weighted by Crippen LogP contribution is 2.27. The van der Waals surface area contributed by atoms with Crippen LogP contribution in [0.2, 0.25) is 0 Å². The zero-order valence-corrected chi connectivity index (χ0v) is 10.4. The van der Waals surface area contributed by atoms with Gasteiger partial charge in [0.25, 0.3) is 0 Å². The predicted molar refractivity (Wildman–Crippen MR) is 70.5 cm³/mol. The molecule has 1 unspecified atom stereocenters. The molecule has 0 aliphatic carbocycles. The Bertz CT molecular complexity index is 619. The Kier molecular flexibility index (Phi) is 2.83. The van der Waals surface area contributed by atoms with Gasteiger partial charge in [-0.1, -0.05) is 12.1 Å². The van der Waals surface area contributed by atoms with Gasteiger partial charge in [0.15, 0.2) is 0 Å². The highest BCUT2D eigenvalue weighted by molar-refractivity contribution is 5.72. The zero-order chi connectivity index (χ0) is 13.1. The van der Waals surface area contributed by atoms with E-state index in [2.05, 4.69) is 30.4 Å². The van der Waals surface area contributed by atoms with Gasteiger partial charge in [0.05, 0.1) is 0 Å². The fourth-order valence-corrected chi connectivity index (χ4v) is 1.81. The van der Waals surface area contributed by atoms with Crippen LogP contribution in [0.25, 0.3) is 11.5 Å². The molecule has 94 valence electrons. The molecule has 1 aliphatic heterocycles. The van der Waals surface area contributed by atoms with Crippen LogP contribution in [-0.2, 0) is 5.54 Å². The number of aliphatic imine (C=N–C) groups is 1. The van der Waals surface area contributed by atoms with E-state index >= 15 is 0 Å². The second-order valence-electron chi connectivity index (χ2n) is 4.45. The average molecular weight is 252 g/mol. The van der Waals surface area contributed by atoms with E-state index in [4.69, 9.17) is 0 Å². The lowest BCUT2D eigenvalue weighted by Gasteiger charge is -2.22. The maximum absolute atomic E-state index is 4.40. The highest BCUT2D eigenvalue weighted by Gasteiger charge is 2.29. The van der Waals surface area contributed by atoms with Gasteiger partial charge in [-0.2, -0.15) is 0 Å². The molecule has 3 heterocycles. The summed E-state index contributed by atoms with van der Waals surface area (Å²) < 4.78 is 0. The number of aromatic nitrogens is 5. The normalized spacial score (nSPS) is 21.5. The summed E-state index contributed by atoms with van der Waals surface area (Å²) in [5, 5.41) is 16.4. The number of pyridine rings is 1. The van der Waals surface area contributed by atoms with Crippen LogP contribution in [-0.4, -0.2) is 31.6 Å². The van der Waals surface area contributed by atoms with Crippen LogP contribution >= 0.6 is 0 Å². The summed E-state index contributed by atoms with van der Waals surface area (Å²) in [5.74, 6) is 0.941. The molecule has 1 atom stereocenters. The first-order valence-electron chi connectivity index (χ1n) is 5.98. The third kappa shape index (κ3) is 2.24. The van der Waals surface area contributed by atoms with E-state index in [0.717, 1.165) is 6.42 Å². The van der Waals surface area contributed by atoms with Crippen molar-refractivity contribution in [1.29, 1.82) is 0 Å². The molecule has 3 rings (SSSR count). The predicted octanol–water partition coefficient (Wildman–Crippen LogP) is 1.57. The van der Waals surface area contributed by atoms with Gasteiger partial charge in [0, 0.05) is 12.4 Å². The third-order valence-corrected chi connectivity index (χ3v) is 2.95. The second-order valence-corrected chi connectivity index (χ2v) is 4.45. The molecular weight excluding hydrogens is 240 g/mol. The van der Waals surface area contributed by atoms with Crippen LogP contribution in [0.15, 0.2) is 41.5 Å². The SMILES string of the molecule is CC1(c2nnc(-c3ccccn3)nn2)CC=CC=N1. The Morgan fingerprint density at radius 1 is 1.11 bits per heavy atom. The molecule has 0 radical (unpaired) electrons. The standard InChI is InChI=1S/C13H12N6/c1-13(7-3-5-9-15-13)12-18-16-11(17-19-12)10-6-2-4-8-14-10/h2-6,8-9H,7H2,1H3. The van der Waals surface area contributed by atoms with Gasteiger partial charge in [-0.25, -0.2) is 0 Å². The van der Waals surface area contributed by atoms with Crippen molar-refractivity contribution in [2.24, 2.45) is 4.99 Å². The van der Waals surface area contributed by atoms with Crippen LogP contribution in [0.4, 0.5) is 0 Å². The van der Waals surface area contributed by atoms with Crippen molar-refractivity contribution in [2.75, 3.05) is 0 Å². The molecule has 2 aromatic rings. The van der Waals surface area contributed by atoms with Crippen LogP contribution in [0.1, 0.15) is 19.2 Å². The quantitative estimate of drug-likeness (QED) is 0.810. The van der Waals surface area contributed by atoms with Gasteiger partial charge in [0.2, 0.25) is 11.6 Å². The molecule has 6 heteroatoms. The molecule has 0 N–H and O–H groups in total. The summed E-state index contributed by atoms with van der Waals surface area (Å²) in [5.41, 5.74) is 0.184. The number of hydrogen-bond donors (Lipinski definition) is 0. The lowest BCUT2D eigenvalue weighted by molar-refractivity contribution is 0.453. The molecule has 19 heavy (non-hydrogen) atoms. The number of nitrogens with zero attached hydrogens (tertiary/aromatic N) is 6. The molecule has 0 fully saturated rings. The largest absolute Gasteiger partial charge is 0.278 e. The fraction of sp³-hybridized carbons (Fsp3) is 0.231. The average Bonchev–Trinajstić information content (AvgIpc) is 2.49. The van der Waals surface area contributed by atoms with Gasteiger partial charge in [0.1, 0.15) is 11.2 Å². The minimum Gasteiger partial charge on any atom is -0.278 e. The van der Waals surface area contributed by atoms with Crippen LogP contribution < -0.4 is 0 Å². The molecule has 0 aromatic carbocycles. The minimum atomic E-state index is -0.475. The maximum atomic E-state index is 4.40. The molecule has 0 saturated heterocycles. The van der Waals surface area contributed by atoms with Crippen molar-refractivity contribution in [3.8, 4) is 11.5 Å². The highest BCUT2D eigenvalue weighted by atomic mass is 15.3. The van der Waals surface area contributed by atoms with E-state index in [9.17, 15) is 0 Å². The smallest absolute Gasteiger partial charge is 0.221 e. The lowest BCUT2D eigenvalue weighted by Crippen LogP contribution is -2.25. The van der Waals surface area contributed by atoms with Crippen molar-refractivity contribution in [1.82, 2.24) is 25.4 Å². The molecular formula is C13H12N6.